The smallest absolute Gasteiger partial charge is 0.0705 e. The van der Waals surface area contributed by atoms with Gasteiger partial charge in [0.2, 0.25) is 0 Å². The Balaban J connectivity index is 2.05. The molecule has 0 aliphatic heterocycles. The molecule has 0 fully saturated rings. The summed E-state index contributed by atoms with van der Waals surface area (Å²) >= 11 is 0. The van der Waals surface area contributed by atoms with Crippen LogP contribution in [0.5, 0.6) is 0 Å². The van der Waals surface area contributed by atoms with Gasteiger partial charge in [0.25, 0.3) is 0 Å². The van der Waals surface area contributed by atoms with E-state index in [4.69, 9.17) is 4.98 Å². The molecule has 1 heterocycles. The molecule has 1 nitrogen and oxygen atoms in total. The monoisotopic (exact) mass is 259 g/mol. The average molecular weight is 259 g/mol. The Hall–Kier alpha value is -2.15. The topological polar surface area (TPSA) is 12.9 Å². The number of benzene rings is 2. The molecule has 3 aromatic rings. The third-order valence-corrected chi connectivity index (χ3v) is 4.73. The lowest BCUT2D eigenvalue weighted by Crippen LogP contribution is -1.93. The minimum Gasteiger partial charge on any atom is -0.252 e. The molecule has 0 atom stereocenters. The van der Waals surface area contributed by atoms with E-state index < -0.39 is 0 Å². The maximum atomic E-state index is 4.87. The first-order valence-electron chi connectivity index (χ1n) is 7.14. The van der Waals surface area contributed by atoms with Crippen LogP contribution in [0.15, 0.2) is 36.4 Å². The number of rotatable bonds is 0. The number of hydrogen-bond donors (Lipinski definition) is 0. The van der Waals surface area contributed by atoms with Crippen molar-refractivity contribution in [3.05, 3.63) is 64.3 Å². The van der Waals surface area contributed by atoms with E-state index in [1.807, 2.05) is 0 Å². The average Bonchev–Trinajstić information content (AvgIpc) is 2.80. The number of nitrogens with zero attached hydrogens (tertiary/aromatic N) is 1. The van der Waals surface area contributed by atoms with Crippen molar-refractivity contribution < 1.29 is 0 Å². The summed E-state index contributed by atoms with van der Waals surface area (Å²) < 4.78 is 0. The molecule has 20 heavy (non-hydrogen) atoms. The zero-order valence-corrected chi connectivity index (χ0v) is 12.1. The predicted molar refractivity (Wildman–Crippen MR) is 84.2 cm³/mol. The van der Waals surface area contributed by atoms with Crippen LogP contribution in [-0.2, 0) is 6.42 Å². The van der Waals surface area contributed by atoms with Crippen LogP contribution in [0.3, 0.4) is 0 Å². The fraction of sp³-hybridized carbons (Fsp3) is 0.211. The Kier molecular flexibility index (Phi) is 2.29. The zero-order valence-electron chi connectivity index (χ0n) is 12.1. The number of aromatic nitrogens is 1. The van der Waals surface area contributed by atoms with E-state index in [2.05, 4.69) is 57.2 Å². The quantitative estimate of drug-likeness (QED) is 0.445. The zero-order chi connectivity index (χ0) is 13.9. The standard InChI is InChI=1S/C19H17N/c1-11-8-16-15(13(3)12(11)2)10-19-17(16)9-14-6-4-5-7-18(14)20-19/h4-9H,10H2,1-3H3. The number of para-hydroxylation sites is 1. The van der Waals surface area contributed by atoms with Crippen molar-refractivity contribution in [2.75, 3.05) is 0 Å². The van der Waals surface area contributed by atoms with Crippen LogP contribution in [-0.4, -0.2) is 4.98 Å². The number of fused-ring (bicyclic) bond motifs is 4. The molecular formula is C19H17N. The van der Waals surface area contributed by atoms with Gasteiger partial charge in [-0.2, -0.15) is 0 Å². The SMILES string of the molecule is Cc1cc2c(c(C)c1C)Cc1nc3ccccc3cc1-2. The van der Waals surface area contributed by atoms with Gasteiger partial charge in [0.05, 0.1) is 11.2 Å². The minimum absolute atomic E-state index is 0.975. The normalized spacial score (nSPS) is 12.6. The molecule has 0 saturated heterocycles. The molecule has 1 aromatic heterocycles. The number of hydrogen-bond acceptors (Lipinski definition) is 1. The van der Waals surface area contributed by atoms with Crippen molar-refractivity contribution >= 4 is 10.9 Å². The summed E-state index contributed by atoms with van der Waals surface area (Å²) in [7, 11) is 0. The molecule has 0 unspecified atom stereocenters. The Bertz CT molecular complexity index is 859. The van der Waals surface area contributed by atoms with Crippen molar-refractivity contribution in [1.29, 1.82) is 0 Å². The van der Waals surface area contributed by atoms with Gasteiger partial charge < -0.3 is 0 Å². The van der Waals surface area contributed by atoms with E-state index in [-0.39, 0.29) is 0 Å². The first kappa shape index (κ1) is 11.7. The van der Waals surface area contributed by atoms with Gasteiger partial charge in [-0.1, -0.05) is 24.3 Å². The molecule has 1 aliphatic carbocycles. The van der Waals surface area contributed by atoms with Crippen molar-refractivity contribution in [1.82, 2.24) is 4.98 Å². The molecule has 4 rings (SSSR count). The Morgan fingerprint density at radius 1 is 0.900 bits per heavy atom. The van der Waals surface area contributed by atoms with E-state index in [1.54, 1.807) is 0 Å². The maximum absolute atomic E-state index is 4.87. The Morgan fingerprint density at radius 2 is 1.70 bits per heavy atom. The predicted octanol–water partition coefficient (Wildman–Crippen LogP) is 4.73. The minimum atomic E-state index is 0.975. The van der Waals surface area contributed by atoms with Crippen molar-refractivity contribution in [2.45, 2.75) is 27.2 Å². The maximum Gasteiger partial charge on any atom is 0.0705 e. The second-order valence-electron chi connectivity index (χ2n) is 5.82. The van der Waals surface area contributed by atoms with Gasteiger partial charge in [-0.3, -0.25) is 4.98 Å². The first-order valence-corrected chi connectivity index (χ1v) is 7.14. The largest absolute Gasteiger partial charge is 0.252 e. The molecule has 2 aromatic carbocycles. The third-order valence-electron chi connectivity index (χ3n) is 4.73. The lowest BCUT2D eigenvalue weighted by molar-refractivity contribution is 1.12. The molecule has 0 bridgehead atoms. The molecular weight excluding hydrogens is 242 g/mol. The van der Waals surface area contributed by atoms with Crippen LogP contribution in [0, 0.1) is 20.8 Å². The number of pyridine rings is 1. The summed E-state index contributed by atoms with van der Waals surface area (Å²) in [5.41, 5.74) is 10.7. The van der Waals surface area contributed by atoms with Gasteiger partial charge in [0, 0.05) is 17.4 Å². The van der Waals surface area contributed by atoms with Crippen LogP contribution < -0.4 is 0 Å². The molecule has 0 N–H and O–H groups in total. The highest BCUT2D eigenvalue weighted by Crippen LogP contribution is 2.40. The summed E-state index contributed by atoms with van der Waals surface area (Å²) in [4.78, 5) is 4.87. The molecule has 0 amide bonds. The van der Waals surface area contributed by atoms with Crippen LogP contribution >= 0.6 is 0 Å². The fourth-order valence-corrected chi connectivity index (χ4v) is 3.30. The lowest BCUT2D eigenvalue weighted by Gasteiger charge is -2.11. The molecule has 98 valence electrons. The molecule has 1 aliphatic rings. The molecule has 1 heteroatoms. The van der Waals surface area contributed by atoms with Crippen LogP contribution in [0.2, 0.25) is 0 Å². The van der Waals surface area contributed by atoms with Crippen LogP contribution in [0.4, 0.5) is 0 Å². The van der Waals surface area contributed by atoms with Gasteiger partial charge in [-0.15, -0.1) is 0 Å². The molecule has 0 radical (unpaired) electrons. The fourth-order valence-electron chi connectivity index (χ4n) is 3.30. The second-order valence-corrected chi connectivity index (χ2v) is 5.82. The van der Waals surface area contributed by atoms with E-state index in [0.717, 1.165) is 11.9 Å². The number of aryl methyl sites for hydroxylation is 1. The van der Waals surface area contributed by atoms with Gasteiger partial charge in [-0.25, -0.2) is 0 Å². The van der Waals surface area contributed by atoms with Crippen molar-refractivity contribution in [3.8, 4) is 11.1 Å². The molecule has 0 spiro atoms. The summed E-state index contributed by atoms with van der Waals surface area (Å²) in [6.07, 6.45) is 0.975. The van der Waals surface area contributed by atoms with Gasteiger partial charge in [-0.05, 0) is 60.7 Å². The summed E-state index contributed by atoms with van der Waals surface area (Å²) in [6.45, 7) is 6.67. The Morgan fingerprint density at radius 3 is 2.55 bits per heavy atom. The van der Waals surface area contributed by atoms with Crippen molar-refractivity contribution in [2.24, 2.45) is 0 Å². The highest BCUT2D eigenvalue weighted by atomic mass is 14.7. The van der Waals surface area contributed by atoms with Gasteiger partial charge in [0.15, 0.2) is 0 Å². The van der Waals surface area contributed by atoms with Crippen LogP contribution in [0.1, 0.15) is 27.9 Å². The first-order chi connectivity index (χ1) is 9.65. The van der Waals surface area contributed by atoms with Crippen LogP contribution in [0.25, 0.3) is 22.0 Å². The summed E-state index contributed by atoms with van der Waals surface area (Å²) in [5.74, 6) is 0. The summed E-state index contributed by atoms with van der Waals surface area (Å²) in [5, 5.41) is 1.23. The molecule has 0 saturated carbocycles. The second kappa shape index (κ2) is 3.92. The highest BCUT2D eigenvalue weighted by Gasteiger charge is 2.23. The third kappa shape index (κ3) is 1.46. The van der Waals surface area contributed by atoms with Gasteiger partial charge >= 0.3 is 0 Å². The van der Waals surface area contributed by atoms with E-state index in [9.17, 15) is 0 Å². The highest BCUT2D eigenvalue weighted by molar-refractivity contribution is 5.88. The Labute approximate surface area is 119 Å². The van der Waals surface area contributed by atoms with Crippen molar-refractivity contribution in [3.63, 3.8) is 0 Å². The van der Waals surface area contributed by atoms with E-state index in [0.29, 0.717) is 0 Å². The lowest BCUT2D eigenvalue weighted by atomic mass is 9.94. The van der Waals surface area contributed by atoms with Gasteiger partial charge in [0.1, 0.15) is 0 Å². The van der Waals surface area contributed by atoms with E-state index in [1.165, 1.54) is 44.5 Å². The van der Waals surface area contributed by atoms with E-state index >= 15 is 0 Å². The summed E-state index contributed by atoms with van der Waals surface area (Å²) in [6, 6.07) is 13.0.